The molecule has 25 heavy (non-hydrogen) atoms. The molecule has 1 rings (SSSR count). The number of hydrogen-bond acceptors (Lipinski definition) is 4. The van der Waals surface area contributed by atoms with Crippen LogP contribution in [0.4, 0.5) is 22.0 Å². The number of carboxylic acid groups (broad SMARTS) is 1. The van der Waals surface area contributed by atoms with Crippen LogP contribution in [0, 0.1) is 29.1 Å². The molecule has 1 aromatic carbocycles. The van der Waals surface area contributed by atoms with Gasteiger partial charge in [0.1, 0.15) is 11.5 Å². The first-order valence-electron chi connectivity index (χ1n) is 6.99. The highest BCUT2D eigenvalue weighted by atomic mass is 19.2. The van der Waals surface area contributed by atoms with Crippen LogP contribution >= 0.6 is 0 Å². The average molecular weight is 369 g/mol. The maximum Gasteiger partial charge on any atom is 0.315 e. The molecule has 0 bridgehead atoms. The van der Waals surface area contributed by atoms with E-state index in [0.717, 1.165) is 0 Å². The molecule has 10 heteroatoms. The third-order valence-electron chi connectivity index (χ3n) is 3.05. The minimum absolute atomic E-state index is 0.969. The normalized spacial score (nSPS) is 14.1. The van der Waals surface area contributed by atoms with Crippen LogP contribution in [0.25, 0.3) is 0 Å². The molecule has 1 aromatic rings. The molecular formula is C15H16F5NO4. The molecule has 0 amide bonds. The number of aliphatic carboxylic acids is 1. The monoisotopic (exact) mass is 369 g/mol. The summed E-state index contributed by atoms with van der Waals surface area (Å²) in [6.07, 6.45) is -0.969. The first-order valence-corrected chi connectivity index (χ1v) is 6.99. The van der Waals surface area contributed by atoms with Gasteiger partial charge in [0.2, 0.25) is 5.82 Å². The van der Waals surface area contributed by atoms with Crippen molar-refractivity contribution < 1.29 is 41.4 Å². The standard InChI is InChI=1S/C15H16F5NO4/c1-15(2,3)25-14(24)7(5(21)4-6(22)23)8-9(16)11(18)13(20)12(19)10(8)17/h5,7H,4,21H2,1-3H3,(H,22,23)/t5-,7?/m0/s1. The number of esters is 1. The number of rotatable bonds is 5. The summed E-state index contributed by atoms with van der Waals surface area (Å²) in [6.45, 7) is 4.18. The molecule has 0 saturated carbocycles. The highest BCUT2D eigenvalue weighted by Gasteiger charge is 2.40. The van der Waals surface area contributed by atoms with E-state index >= 15 is 0 Å². The van der Waals surface area contributed by atoms with Crippen LogP contribution in [-0.4, -0.2) is 28.7 Å². The van der Waals surface area contributed by atoms with Crippen LogP contribution in [0.3, 0.4) is 0 Å². The van der Waals surface area contributed by atoms with E-state index in [-0.39, 0.29) is 0 Å². The summed E-state index contributed by atoms with van der Waals surface area (Å²) in [7, 11) is 0. The number of carbonyl (C=O) groups is 2. The Bertz CT molecular complexity index is 673. The number of benzene rings is 1. The van der Waals surface area contributed by atoms with Crippen LogP contribution < -0.4 is 5.73 Å². The molecule has 1 unspecified atom stereocenters. The molecule has 0 aliphatic heterocycles. The van der Waals surface area contributed by atoms with E-state index in [1.54, 1.807) is 0 Å². The van der Waals surface area contributed by atoms with Gasteiger partial charge >= 0.3 is 11.9 Å². The maximum atomic E-state index is 14.0. The number of halogens is 5. The minimum atomic E-state index is -2.41. The molecule has 0 aliphatic carbocycles. The molecule has 0 radical (unpaired) electrons. The van der Waals surface area contributed by atoms with Crippen molar-refractivity contribution in [2.75, 3.05) is 0 Å². The van der Waals surface area contributed by atoms with Gasteiger partial charge in [0.05, 0.1) is 6.42 Å². The van der Waals surface area contributed by atoms with E-state index in [1.807, 2.05) is 0 Å². The van der Waals surface area contributed by atoms with Gasteiger partial charge in [0.15, 0.2) is 23.3 Å². The van der Waals surface area contributed by atoms with Crippen molar-refractivity contribution in [3.63, 3.8) is 0 Å². The third kappa shape index (κ3) is 4.65. The molecule has 0 heterocycles. The first-order chi connectivity index (χ1) is 11.3. The van der Waals surface area contributed by atoms with Gasteiger partial charge in [-0.15, -0.1) is 0 Å². The number of hydrogen-bond donors (Lipinski definition) is 2. The smallest absolute Gasteiger partial charge is 0.315 e. The third-order valence-corrected chi connectivity index (χ3v) is 3.05. The molecular weight excluding hydrogens is 353 g/mol. The second-order valence-electron chi connectivity index (χ2n) is 6.26. The van der Waals surface area contributed by atoms with Crippen LogP contribution in [0.2, 0.25) is 0 Å². The molecule has 0 aromatic heterocycles. The lowest BCUT2D eigenvalue weighted by atomic mass is 9.88. The number of carboxylic acids is 1. The highest BCUT2D eigenvalue weighted by molar-refractivity contribution is 5.81. The van der Waals surface area contributed by atoms with Gasteiger partial charge in [0, 0.05) is 11.6 Å². The predicted octanol–water partition coefficient (Wildman–Crippen LogP) is 2.61. The van der Waals surface area contributed by atoms with Crippen molar-refractivity contribution in [2.45, 2.75) is 44.8 Å². The zero-order valence-corrected chi connectivity index (χ0v) is 13.5. The van der Waals surface area contributed by atoms with Gasteiger partial charge in [-0.25, -0.2) is 22.0 Å². The quantitative estimate of drug-likeness (QED) is 0.360. The Hall–Kier alpha value is -2.23. The molecule has 140 valence electrons. The van der Waals surface area contributed by atoms with Crippen LogP contribution in [0.15, 0.2) is 0 Å². The van der Waals surface area contributed by atoms with Gasteiger partial charge in [0.25, 0.3) is 0 Å². The van der Waals surface area contributed by atoms with Crippen molar-refractivity contribution >= 4 is 11.9 Å². The fourth-order valence-corrected chi connectivity index (χ4v) is 2.09. The Morgan fingerprint density at radius 2 is 1.40 bits per heavy atom. The lowest BCUT2D eigenvalue weighted by Crippen LogP contribution is -2.40. The minimum Gasteiger partial charge on any atom is -0.481 e. The van der Waals surface area contributed by atoms with Gasteiger partial charge in [-0.05, 0) is 20.8 Å². The van der Waals surface area contributed by atoms with Crippen molar-refractivity contribution in [1.29, 1.82) is 0 Å². The fourth-order valence-electron chi connectivity index (χ4n) is 2.09. The number of ether oxygens (including phenoxy) is 1. The van der Waals surface area contributed by atoms with Gasteiger partial charge < -0.3 is 15.6 Å². The summed E-state index contributed by atoms with van der Waals surface area (Å²) < 4.78 is 72.9. The lowest BCUT2D eigenvalue weighted by Gasteiger charge is -2.27. The van der Waals surface area contributed by atoms with Crippen molar-refractivity contribution in [1.82, 2.24) is 0 Å². The zero-order valence-electron chi connectivity index (χ0n) is 13.5. The number of carbonyl (C=O) groups excluding carboxylic acids is 1. The summed E-state index contributed by atoms with van der Waals surface area (Å²) in [5.41, 5.74) is 2.79. The van der Waals surface area contributed by atoms with Crippen molar-refractivity contribution in [3.05, 3.63) is 34.6 Å². The van der Waals surface area contributed by atoms with E-state index < -0.39 is 70.6 Å². The van der Waals surface area contributed by atoms with Gasteiger partial charge in [-0.3, -0.25) is 9.59 Å². The topological polar surface area (TPSA) is 89.6 Å². The largest absolute Gasteiger partial charge is 0.481 e. The number of nitrogens with two attached hydrogens (primary N) is 1. The maximum absolute atomic E-state index is 14.0. The fraction of sp³-hybridized carbons (Fsp3) is 0.467. The van der Waals surface area contributed by atoms with Gasteiger partial charge in [-0.2, -0.15) is 0 Å². The van der Waals surface area contributed by atoms with E-state index in [4.69, 9.17) is 15.6 Å². The van der Waals surface area contributed by atoms with E-state index in [9.17, 15) is 31.5 Å². The average Bonchev–Trinajstić information content (AvgIpc) is 2.44. The Morgan fingerprint density at radius 3 is 1.76 bits per heavy atom. The van der Waals surface area contributed by atoms with Gasteiger partial charge in [-0.1, -0.05) is 0 Å². The summed E-state index contributed by atoms with van der Waals surface area (Å²) in [6, 6.07) is -1.79. The molecule has 0 aliphatic rings. The molecule has 0 spiro atoms. The zero-order chi connectivity index (χ0) is 19.7. The van der Waals surface area contributed by atoms with Crippen molar-refractivity contribution in [2.24, 2.45) is 5.73 Å². The summed E-state index contributed by atoms with van der Waals surface area (Å²) in [5.74, 6) is -16.7. The Morgan fingerprint density at radius 1 is 1.00 bits per heavy atom. The summed E-state index contributed by atoms with van der Waals surface area (Å²) in [5, 5.41) is 8.76. The molecule has 5 nitrogen and oxygen atoms in total. The molecule has 0 fully saturated rings. The second kappa shape index (κ2) is 7.34. The first kappa shape index (κ1) is 20.8. The molecule has 0 saturated heterocycles. The lowest BCUT2D eigenvalue weighted by molar-refractivity contribution is -0.157. The predicted molar refractivity (Wildman–Crippen MR) is 75.0 cm³/mol. The summed E-state index contributed by atoms with van der Waals surface area (Å²) in [4.78, 5) is 23.0. The summed E-state index contributed by atoms with van der Waals surface area (Å²) >= 11 is 0. The Balaban J connectivity index is 3.58. The van der Waals surface area contributed by atoms with E-state index in [1.165, 1.54) is 20.8 Å². The molecule has 3 N–H and O–H groups in total. The van der Waals surface area contributed by atoms with E-state index in [2.05, 4.69) is 0 Å². The van der Waals surface area contributed by atoms with Crippen molar-refractivity contribution in [3.8, 4) is 0 Å². The highest BCUT2D eigenvalue weighted by Crippen LogP contribution is 2.33. The Kier molecular flexibility index (Phi) is 6.11. The second-order valence-corrected chi connectivity index (χ2v) is 6.26. The van der Waals surface area contributed by atoms with E-state index in [0.29, 0.717) is 0 Å². The van der Waals surface area contributed by atoms with Crippen LogP contribution in [0.5, 0.6) is 0 Å². The Labute approximate surface area is 139 Å². The van der Waals surface area contributed by atoms with Crippen LogP contribution in [0.1, 0.15) is 38.7 Å². The SMILES string of the molecule is CC(C)(C)OC(=O)C(c1c(F)c(F)c(F)c(F)c1F)[C@@H](N)CC(=O)O. The van der Waals surface area contributed by atoms with Crippen LogP contribution in [-0.2, 0) is 14.3 Å². The molecule has 2 atom stereocenters.